The summed E-state index contributed by atoms with van der Waals surface area (Å²) in [6.45, 7) is 7.16. The number of thioether (sulfide) groups is 1. The SMILES string of the molecule is CC[C@@H](C(=O)NCC(C)C)N(Cc1ccccc1)C(=O)CCSc1ccccc1. The highest BCUT2D eigenvalue weighted by atomic mass is 32.2. The molecule has 1 atom stereocenters. The van der Waals surface area contributed by atoms with E-state index in [0.29, 0.717) is 37.6 Å². The predicted octanol–water partition coefficient (Wildman–Crippen LogP) is 4.75. The minimum atomic E-state index is -0.455. The first kappa shape index (κ1) is 23.0. The molecule has 0 aromatic heterocycles. The number of benzene rings is 2. The molecule has 0 saturated heterocycles. The van der Waals surface area contributed by atoms with Gasteiger partial charge in [0.2, 0.25) is 11.8 Å². The summed E-state index contributed by atoms with van der Waals surface area (Å²) in [5.74, 6) is 1.01. The van der Waals surface area contributed by atoms with Gasteiger partial charge in [0.1, 0.15) is 6.04 Å². The van der Waals surface area contributed by atoms with E-state index < -0.39 is 6.04 Å². The van der Waals surface area contributed by atoms with Crippen LogP contribution in [0.2, 0.25) is 0 Å². The Morgan fingerprint density at radius 2 is 1.62 bits per heavy atom. The van der Waals surface area contributed by atoms with Crippen molar-refractivity contribution in [3.63, 3.8) is 0 Å². The first-order chi connectivity index (χ1) is 14.0. The van der Waals surface area contributed by atoms with Gasteiger partial charge in [-0.3, -0.25) is 9.59 Å². The molecule has 0 heterocycles. The lowest BCUT2D eigenvalue weighted by Gasteiger charge is -2.31. The smallest absolute Gasteiger partial charge is 0.242 e. The average molecular weight is 413 g/mol. The van der Waals surface area contributed by atoms with Crippen LogP contribution in [0.1, 0.15) is 39.2 Å². The van der Waals surface area contributed by atoms with Crippen molar-refractivity contribution in [2.45, 2.75) is 51.1 Å². The number of rotatable bonds is 11. The van der Waals surface area contributed by atoms with Crippen molar-refractivity contribution in [3.05, 3.63) is 66.2 Å². The standard InChI is InChI=1S/C24H32N2O2S/c1-4-22(24(28)25-17-19(2)3)26(18-20-11-7-5-8-12-20)23(27)15-16-29-21-13-9-6-10-14-21/h5-14,19,22H,4,15-18H2,1-3H3,(H,25,28)/t22-/m0/s1. The lowest BCUT2D eigenvalue weighted by Crippen LogP contribution is -2.49. The molecule has 2 rings (SSSR count). The molecule has 5 heteroatoms. The van der Waals surface area contributed by atoms with Gasteiger partial charge < -0.3 is 10.2 Å². The van der Waals surface area contributed by atoms with Crippen LogP contribution < -0.4 is 5.32 Å². The van der Waals surface area contributed by atoms with E-state index in [0.717, 1.165) is 10.5 Å². The zero-order valence-electron chi connectivity index (χ0n) is 17.6. The summed E-state index contributed by atoms with van der Waals surface area (Å²) in [5, 5.41) is 3.00. The molecule has 0 radical (unpaired) electrons. The average Bonchev–Trinajstić information content (AvgIpc) is 2.73. The van der Waals surface area contributed by atoms with Crippen LogP contribution in [0.4, 0.5) is 0 Å². The highest BCUT2D eigenvalue weighted by Gasteiger charge is 2.28. The van der Waals surface area contributed by atoms with Crippen molar-refractivity contribution in [2.24, 2.45) is 5.92 Å². The van der Waals surface area contributed by atoms with Crippen LogP contribution in [0, 0.1) is 5.92 Å². The van der Waals surface area contributed by atoms with Crippen molar-refractivity contribution >= 4 is 23.6 Å². The molecule has 0 bridgehead atoms. The molecule has 2 aromatic rings. The second kappa shape index (κ2) is 12.3. The van der Waals surface area contributed by atoms with Gasteiger partial charge in [-0.2, -0.15) is 0 Å². The normalized spacial score (nSPS) is 11.9. The molecule has 29 heavy (non-hydrogen) atoms. The van der Waals surface area contributed by atoms with E-state index in [1.165, 1.54) is 0 Å². The first-order valence-electron chi connectivity index (χ1n) is 10.3. The van der Waals surface area contributed by atoms with Gasteiger partial charge in [-0.05, 0) is 30.0 Å². The fraction of sp³-hybridized carbons (Fsp3) is 0.417. The minimum absolute atomic E-state index is 0.0174. The van der Waals surface area contributed by atoms with Gasteiger partial charge in [-0.1, -0.05) is 69.3 Å². The second-order valence-corrected chi connectivity index (χ2v) is 8.65. The van der Waals surface area contributed by atoms with Gasteiger partial charge in [0.05, 0.1) is 0 Å². The Labute approximate surface area is 179 Å². The summed E-state index contributed by atoms with van der Waals surface area (Å²) in [6, 6.07) is 19.5. The lowest BCUT2D eigenvalue weighted by molar-refractivity contribution is -0.141. The minimum Gasteiger partial charge on any atom is -0.354 e. The number of nitrogens with one attached hydrogen (secondary N) is 1. The van der Waals surface area contributed by atoms with E-state index >= 15 is 0 Å². The van der Waals surface area contributed by atoms with E-state index in [1.54, 1.807) is 16.7 Å². The molecule has 4 nitrogen and oxygen atoms in total. The molecule has 0 aliphatic carbocycles. The molecule has 1 N–H and O–H groups in total. The maximum Gasteiger partial charge on any atom is 0.242 e. The molecular formula is C24H32N2O2S. The van der Waals surface area contributed by atoms with Crippen molar-refractivity contribution < 1.29 is 9.59 Å². The zero-order valence-corrected chi connectivity index (χ0v) is 18.5. The van der Waals surface area contributed by atoms with Gasteiger partial charge in [0, 0.05) is 30.2 Å². The van der Waals surface area contributed by atoms with Gasteiger partial charge in [-0.15, -0.1) is 11.8 Å². The molecule has 2 aromatic carbocycles. The lowest BCUT2D eigenvalue weighted by atomic mass is 10.1. The maximum atomic E-state index is 13.1. The van der Waals surface area contributed by atoms with E-state index in [4.69, 9.17) is 0 Å². The van der Waals surface area contributed by atoms with Crippen LogP contribution in [0.15, 0.2) is 65.6 Å². The first-order valence-corrected chi connectivity index (χ1v) is 11.3. The van der Waals surface area contributed by atoms with Crippen LogP contribution in [-0.2, 0) is 16.1 Å². The molecule has 2 amide bonds. The number of carbonyl (C=O) groups is 2. The van der Waals surface area contributed by atoms with Crippen LogP contribution in [-0.4, -0.2) is 35.1 Å². The Morgan fingerprint density at radius 1 is 1.00 bits per heavy atom. The molecular weight excluding hydrogens is 380 g/mol. The molecule has 156 valence electrons. The highest BCUT2D eigenvalue weighted by molar-refractivity contribution is 7.99. The summed E-state index contributed by atoms with van der Waals surface area (Å²) in [6.07, 6.45) is 0.995. The summed E-state index contributed by atoms with van der Waals surface area (Å²) in [5.41, 5.74) is 1.03. The van der Waals surface area contributed by atoms with Crippen molar-refractivity contribution in [2.75, 3.05) is 12.3 Å². The quantitative estimate of drug-likeness (QED) is 0.542. The number of carbonyl (C=O) groups excluding carboxylic acids is 2. The largest absolute Gasteiger partial charge is 0.354 e. The molecule has 0 spiro atoms. The monoisotopic (exact) mass is 412 g/mol. The molecule has 0 aliphatic heterocycles. The van der Waals surface area contributed by atoms with Gasteiger partial charge in [0.25, 0.3) is 0 Å². The zero-order chi connectivity index (χ0) is 21.1. The summed E-state index contributed by atoms with van der Waals surface area (Å²) in [7, 11) is 0. The molecule has 0 saturated carbocycles. The topological polar surface area (TPSA) is 49.4 Å². The summed E-state index contributed by atoms with van der Waals surface area (Å²) < 4.78 is 0. The third-order valence-corrected chi connectivity index (χ3v) is 5.61. The summed E-state index contributed by atoms with van der Waals surface area (Å²) >= 11 is 1.67. The van der Waals surface area contributed by atoms with Crippen molar-refractivity contribution in [1.82, 2.24) is 10.2 Å². The fourth-order valence-electron chi connectivity index (χ4n) is 3.04. The van der Waals surface area contributed by atoms with Crippen LogP contribution in [0.5, 0.6) is 0 Å². The Bertz CT molecular complexity index is 750. The number of nitrogens with zero attached hydrogens (tertiary/aromatic N) is 1. The molecule has 0 fully saturated rings. The fourth-order valence-corrected chi connectivity index (χ4v) is 3.90. The van der Waals surface area contributed by atoms with Gasteiger partial charge in [0.15, 0.2) is 0 Å². The van der Waals surface area contributed by atoms with Crippen LogP contribution in [0.3, 0.4) is 0 Å². The predicted molar refractivity (Wildman–Crippen MR) is 121 cm³/mol. The van der Waals surface area contributed by atoms with E-state index in [-0.39, 0.29) is 11.8 Å². The number of hydrogen-bond donors (Lipinski definition) is 1. The number of hydrogen-bond acceptors (Lipinski definition) is 3. The Morgan fingerprint density at radius 3 is 2.21 bits per heavy atom. The number of amides is 2. The highest BCUT2D eigenvalue weighted by Crippen LogP contribution is 2.20. The van der Waals surface area contributed by atoms with E-state index in [9.17, 15) is 9.59 Å². The summed E-state index contributed by atoms with van der Waals surface area (Å²) in [4.78, 5) is 28.8. The van der Waals surface area contributed by atoms with Crippen molar-refractivity contribution in [1.29, 1.82) is 0 Å². The van der Waals surface area contributed by atoms with Crippen LogP contribution in [0.25, 0.3) is 0 Å². The van der Waals surface area contributed by atoms with Gasteiger partial charge >= 0.3 is 0 Å². The van der Waals surface area contributed by atoms with E-state index in [1.807, 2.05) is 67.6 Å². The second-order valence-electron chi connectivity index (χ2n) is 7.48. The van der Waals surface area contributed by atoms with E-state index in [2.05, 4.69) is 19.2 Å². The third kappa shape index (κ3) is 7.94. The molecule has 0 aliphatic rings. The maximum absolute atomic E-state index is 13.1. The Kier molecular flexibility index (Phi) is 9.78. The molecule has 0 unspecified atom stereocenters. The Balaban J connectivity index is 2.07. The third-order valence-electron chi connectivity index (χ3n) is 4.59. The Hall–Kier alpha value is -2.27. The van der Waals surface area contributed by atoms with Gasteiger partial charge in [-0.25, -0.2) is 0 Å². The van der Waals surface area contributed by atoms with Crippen LogP contribution >= 0.6 is 11.8 Å². The van der Waals surface area contributed by atoms with Crippen molar-refractivity contribution in [3.8, 4) is 0 Å².